The maximum absolute atomic E-state index is 12.9. The molecular weight excluding hydrogens is 305 g/mol. The van der Waals surface area contributed by atoms with Gasteiger partial charge in [-0.25, -0.2) is 9.18 Å². The molecule has 0 aliphatic heterocycles. The maximum Gasteiger partial charge on any atom is 0.315 e. The average molecular weight is 327 g/mol. The average Bonchev–Trinajstić information content (AvgIpc) is 2.53. The summed E-state index contributed by atoms with van der Waals surface area (Å²) in [5, 5.41) is 5.82. The van der Waals surface area contributed by atoms with E-state index in [0.717, 1.165) is 35.4 Å². The number of nitrogens with zero attached hydrogens (tertiary/aromatic N) is 1. The summed E-state index contributed by atoms with van der Waals surface area (Å²) < 4.78 is 12.9. The summed E-state index contributed by atoms with van der Waals surface area (Å²) in [5.41, 5.74) is 4.11. The van der Waals surface area contributed by atoms with Crippen LogP contribution in [0.4, 0.5) is 9.18 Å². The molecule has 0 spiro atoms. The lowest BCUT2D eigenvalue weighted by Gasteiger charge is -2.36. The molecule has 1 saturated carbocycles. The largest absolute Gasteiger partial charge is 0.335 e. The van der Waals surface area contributed by atoms with Crippen molar-refractivity contribution in [1.29, 1.82) is 0 Å². The fraction of sp³-hybridized carbons (Fsp3) is 0.368. The molecule has 1 heterocycles. The zero-order valence-corrected chi connectivity index (χ0v) is 14.0. The van der Waals surface area contributed by atoms with Gasteiger partial charge in [0.15, 0.2) is 0 Å². The van der Waals surface area contributed by atoms with E-state index in [1.165, 1.54) is 12.1 Å². The lowest BCUT2D eigenvalue weighted by molar-refractivity contribution is 0.222. The molecule has 24 heavy (non-hydrogen) atoms. The van der Waals surface area contributed by atoms with Crippen molar-refractivity contribution in [2.24, 2.45) is 0 Å². The summed E-state index contributed by atoms with van der Waals surface area (Å²) in [7, 11) is 0. The predicted octanol–water partition coefficient (Wildman–Crippen LogP) is 3.58. The SMILES string of the molecule is Cc1ccc(CNC(=O)NC2CC(c3ccc(F)cc3)C2)nc1C. The molecule has 1 aromatic heterocycles. The summed E-state index contributed by atoms with van der Waals surface area (Å²) in [5.74, 6) is 0.185. The number of nitrogens with one attached hydrogen (secondary N) is 2. The highest BCUT2D eigenvalue weighted by molar-refractivity contribution is 5.74. The Morgan fingerprint density at radius 1 is 1.17 bits per heavy atom. The van der Waals surface area contributed by atoms with Crippen molar-refractivity contribution in [1.82, 2.24) is 15.6 Å². The van der Waals surface area contributed by atoms with Gasteiger partial charge in [0.25, 0.3) is 0 Å². The molecule has 3 rings (SSSR count). The fourth-order valence-corrected chi connectivity index (χ4v) is 2.93. The van der Waals surface area contributed by atoms with Gasteiger partial charge in [0, 0.05) is 11.7 Å². The first-order valence-electron chi connectivity index (χ1n) is 8.24. The number of halogens is 1. The van der Waals surface area contributed by atoms with Crippen LogP contribution in [-0.2, 0) is 6.54 Å². The van der Waals surface area contributed by atoms with Crippen LogP contribution in [0.2, 0.25) is 0 Å². The second-order valence-corrected chi connectivity index (χ2v) is 6.45. The standard InChI is InChI=1S/C19H22FN3O/c1-12-3-8-17(22-13(12)2)11-21-19(24)23-18-9-15(10-18)14-4-6-16(20)7-5-14/h3-8,15,18H,9-11H2,1-2H3,(H2,21,23,24). The zero-order chi connectivity index (χ0) is 17.1. The minimum absolute atomic E-state index is 0.169. The van der Waals surface area contributed by atoms with Crippen molar-refractivity contribution < 1.29 is 9.18 Å². The lowest BCUT2D eigenvalue weighted by Crippen LogP contribution is -2.47. The van der Waals surface area contributed by atoms with Gasteiger partial charge in [-0.1, -0.05) is 18.2 Å². The number of carbonyl (C=O) groups excluding carboxylic acids is 1. The Morgan fingerprint density at radius 2 is 1.88 bits per heavy atom. The summed E-state index contributed by atoms with van der Waals surface area (Å²) in [4.78, 5) is 16.4. The van der Waals surface area contributed by atoms with Crippen molar-refractivity contribution in [2.75, 3.05) is 0 Å². The molecule has 1 fully saturated rings. The van der Waals surface area contributed by atoms with E-state index in [1.807, 2.05) is 38.1 Å². The second-order valence-electron chi connectivity index (χ2n) is 6.45. The van der Waals surface area contributed by atoms with E-state index in [1.54, 1.807) is 0 Å². The molecule has 1 aliphatic rings. The van der Waals surface area contributed by atoms with E-state index in [9.17, 15) is 9.18 Å². The molecule has 1 aliphatic carbocycles. The van der Waals surface area contributed by atoms with Crippen molar-refractivity contribution >= 4 is 6.03 Å². The quantitative estimate of drug-likeness (QED) is 0.902. The van der Waals surface area contributed by atoms with Gasteiger partial charge in [0.05, 0.1) is 12.2 Å². The van der Waals surface area contributed by atoms with Gasteiger partial charge in [0.2, 0.25) is 0 Å². The smallest absolute Gasteiger partial charge is 0.315 e. The number of urea groups is 1. The molecule has 0 bridgehead atoms. The van der Waals surface area contributed by atoms with Crippen LogP contribution in [0.3, 0.4) is 0 Å². The first-order valence-corrected chi connectivity index (χ1v) is 8.24. The van der Waals surface area contributed by atoms with Crippen LogP contribution in [0.1, 0.15) is 41.3 Å². The van der Waals surface area contributed by atoms with E-state index in [4.69, 9.17) is 0 Å². The van der Waals surface area contributed by atoms with Gasteiger partial charge in [-0.2, -0.15) is 0 Å². The minimum Gasteiger partial charge on any atom is -0.335 e. The molecule has 0 atom stereocenters. The third-order valence-corrected chi connectivity index (χ3v) is 4.65. The van der Waals surface area contributed by atoms with E-state index in [0.29, 0.717) is 12.5 Å². The number of carbonyl (C=O) groups is 1. The number of amides is 2. The first kappa shape index (κ1) is 16.4. The maximum atomic E-state index is 12.9. The summed E-state index contributed by atoms with van der Waals surface area (Å²) in [6.07, 6.45) is 1.78. The zero-order valence-electron chi connectivity index (χ0n) is 14.0. The van der Waals surface area contributed by atoms with Gasteiger partial charge in [-0.3, -0.25) is 4.98 Å². The van der Waals surface area contributed by atoms with Crippen molar-refractivity contribution in [2.45, 2.75) is 45.2 Å². The molecule has 0 radical (unpaired) electrons. The Hall–Kier alpha value is -2.43. The summed E-state index contributed by atoms with van der Waals surface area (Å²) >= 11 is 0. The Bertz CT molecular complexity index is 724. The highest BCUT2D eigenvalue weighted by atomic mass is 19.1. The molecule has 126 valence electrons. The minimum atomic E-state index is -0.216. The Labute approximate surface area is 141 Å². The number of benzene rings is 1. The van der Waals surface area contributed by atoms with Gasteiger partial charge in [-0.15, -0.1) is 0 Å². The molecule has 0 unspecified atom stereocenters. The van der Waals surface area contributed by atoms with Crippen LogP contribution < -0.4 is 10.6 Å². The number of aromatic nitrogens is 1. The third kappa shape index (κ3) is 3.91. The van der Waals surface area contributed by atoms with E-state index in [2.05, 4.69) is 15.6 Å². The van der Waals surface area contributed by atoms with E-state index < -0.39 is 0 Å². The van der Waals surface area contributed by atoms with E-state index >= 15 is 0 Å². The number of rotatable bonds is 4. The highest BCUT2D eigenvalue weighted by Crippen LogP contribution is 2.36. The Morgan fingerprint density at radius 3 is 2.54 bits per heavy atom. The molecule has 2 N–H and O–H groups in total. The van der Waals surface area contributed by atoms with Crippen LogP contribution in [0, 0.1) is 19.7 Å². The molecule has 1 aromatic carbocycles. The van der Waals surface area contributed by atoms with E-state index in [-0.39, 0.29) is 17.9 Å². The Kier molecular flexibility index (Phi) is 4.79. The summed E-state index contributed by atoms with van der Waals surface area (Å²) in [6, 6.07) is 10.6. The monoisotopic (exact) mass is 327 g/mol. The lowest BCUT2D eigenvalue weighted by atomic mass is 9.76. The van der Waals surface area contributed by atoms with Gasteiger partial charge >= 0.3 is 6.03 Å². The van der Waals surface area contributed by atoms with Gasteiger partial charge in [-0.05, 0) is 61.9 Å². The number of hydrogen-bond donors (Lipinski definition) is 2. The summed E-state index contributed by atoms with van der Waals surface area (Å²) in [6.45, 7) is 4.39. The number of aryl methyl sites for hydroxylation is 2. The van der Waals surface area contributed by atoms with Gasteiger partial charge in [0.1, 0.15) is 5.82 Å². The van der Waals surface area contributed by atoms with Crippen molar-refractivity contribution in [3.8, 4) is 0 Å². The number of hydrogen-bond acceptors (Lipinski definition) is 2. The molecule has 2 aromatic rings. The predicted molar refractivity (Wildman–Crippen MR) is 91.2 cm³/mol. The van der Waals surface area contributed by atoms with Crippen LogP contribution in [0.15, 0.2) is 36.4 Å². The van der Waals surface area contributed by atoms with Crippen LogP contribution in [0.25, 0.3) is 0 Å². The molecular formula is C19H22FN3O. The first-order chi connectivity index (χ1) is 11.5. The normalized spacial score (nSPS) is 19.5. The third-order valence-electron chi connectivity index (χ3n) is 4.65. The second kappa shape index (κ2) is 6.99. The van der Waals surface area contributed by atoms with Crippen molar-refractivity contribution in [3.05, 3.63) is 64.7 Å². The highest BCUT2D eigenvalue weighted by Gasteiger charge is 2.31. The number of pyridine rings is 1. The van der Waals surface area contributed by atoms with Crippen LogP contribution >= 0.6 is 0 Å². The molecule has 5 heteroatoms. The molecule has 0 saturated heterocycles. The molecule has 2 amide bonds. The van der Waals surface area contributed by atoms with Crippen LogP contribution in [0.5, 0.6) is 0 Å². The fourth-order valence-electron chi connectivity index (χ4n) is 2.93. The van der Waals surface area contributed by atoms with Crippen molar-refractivity contribution in [3.63, 3.8) is 0 Å². The molecule has 4 nitrogen and oxygen atoms in total. The topological polar surface area (TPSA) is 54.0 Å². The van der Waals surface area contributed by atoms with Crippen LogP contribution in [-0.4, -0.2) is 17.1 Å². The van der Waals surface area contributed by atoms with Gasteiger partial charge < -0.3 is 10.6 Å². The Balaban J connectivity index is 1.42.